The lowest BCUT2D eigenvalue weighted by Gasteiger charge is -2.13. The van der Waals surface area contributed by atoms with E-state index in [4.69, 9.17) is 9.47 Å². The second-order valence-electron chi connectivity index (χ2n) is 5.85. The standard InChI is InChI=1S/C19H19NO4/c1-11-5-7-13(8-6-11)24-10-14-12(2)20(3)18-17(14)15(21)9-16(23-4)19(18)22/h5-9H,10H2,1-4H3. The van der Waals surface area contributed by atoms with Crippen molar-refractivity contribution in [3.05, 3.63) is 64.2 Å². The predicted molar refractivity (Wildman–Crippen MR) is 89.4 cm³/mol. The van der Waals surface area contributed by atoms with E-state index in [2.05, 4.69) is 0 Å². The molecule has 0 spiro atoms. The third kappa shape index (κ3) is 2.52. The van der Waals surface area contributed by atoms with E-state index in [0.717, 1.165) is 22.6 Å². The Balaban J connectivity index is 1.97. The SMILES string of the molecule is COC1=CC(=O)c2c(COc3ccc(C)cc3)c(C)n(C)c2C1=O. The van der Waals surface area contributed by atoms with Crippen LogP contribution in [0.2, 0.25) is 0 Å². The van der Waals surface area contributed by atoms with Crippen molar-refractivity contribution in [2.75, 3.05) is 7.11 Å². The van der Waals surface area contributed by atoms with Crippen molar-refractivity contribution < 1.29 is 19.1 Å². The van der Waals surface area contributed by atoms with Crippen molar-refractivity contribution in [3.63, 3.8) is 0 Å². The van der Waals surface area contributed by atoms with Crippen LogP contribution in [0.5, 0.6) is 5.75 Å². The minimum atomic E-state index is -0.278. The summed E-state index contributed by atoms with van der Waals surface area (Å²) in [6.45, 7) is 4.11. The van der Waals surface area contributed by atoms with Gasteiger partial charge in [-0.3, -0.25) is 9.59 Å². The number of aryl methyl sites for hydroxylation is 1. The summed E-state index contributed by atoms with van der Waals surface area (Å²) in [5, 5.41) is 0. The van der Waals surface area contributed by atoms with Gasteiger partial charge in [-0.2, -0.15) is 0 Å². The Morgan fingerprint density at radius 1 is 1.08 bits per heavy atom. The molecule has 24 heavy (non-hydrogen) atoms. The number of carbonyl (C=O) groups is 2. The molecule has 0 saturated carbocycles. The van der Waals surface area contributed by atoms with Crippen LogP contribution in [0, 0.1) is 13.8 Å². The molecule has 0 fully saturated rings. The second-order valence-corrected chi connectivity index (χ2v) is 5.85. The molecule has 0 bridgehead atoms. The Bertz CT molecular complexity index is 856. The van der Waals surface area contributed by atoms with Crippen LogP contribution in [0.4, 0.5) is 0 Å². The summed E-state index contributed by atoms with van der Waals surface area (Å²) < 4.78 is 12.6. The van der Waals surface area contributed by atoms with E-state index in [0.29, 0.717) is 11.3 Å². The molecule has 124 valence electrons. The summed E-state index contributed by atoms with van der Waals surface area (Å²) in [7, 11) is 3.16. The lowest BCUT2D eigenvalue weighted by atomic mass is 9.96. The van der Waals surface area contributed by atoms with E-state index in [1.807, 2.05) is 38.1 Å². The first-order chi connectivity index (χ1) is 11.4. The molecule has 5 nitrogen and oxygen atoms in total. The molecule has 5 heteroatoms. The molecule has 1 aromatic heterocycles. The van der Waals surface area contributed by atoms with Crippen molar-refractivity contribution in [2.24, 2.45) is 7.05 Å². The van der Waals surface area contributed by atoms with Gasteiger partial charge >= 0.3 is 0 Å². The van der Waals surface area contributed by atoms with E-state index in [1.165, 1.54) is 13.2 Å². The molecule has 1 heterocycles. The van der Waals surface area contributed by atoms with E-state index in [1.54, 1.807) is 11.6 Å². The van der Waals surface area contributed by atoms with Gasteiger partial charge in [-0.25, -0.2) is 0 Å². The summed E-state index contributed by atoms with van der Waals surface area (Å²) in [6, 6.07) is 7.70. The molecule has 2 aromatic rings. The number of ether oxygens (including phenoxy) is 2. The van der Waals surface area contributed by atoms with Crippen molar-refractivity contribution >= 4 is 11.6 Å². The van der Waals surface area contributed by atoms with Gasteiger partial charge in [-0.1, -0.05) is 17.7 Å². The fourth-order valence-electron chi connectivity index (χ4n) is 2.88. The number of hydrogen-bond acceptors (Lipinski definition) is 4. The van der Waals surface area contributed by atoms with E-state index in [-0.39, 0.29) is 23.9 Å². The van der Waals surface area contributed by atoms with Gasteiger partial charge in [0.1, 0.15) is 18.1 Å². The maximum Gasteiger partial charge on any atom is 0.244 e. The summed E-state index contributed by atoms with van der Waals surface area (Å²) in [5.74, 6) is 0.284. The molecule has 0 N–H and O–H groups in total. The van der Waals surface area contributed by atoms with Gasteiger partial charge in [0.2, 0.25) is 5.78 Å². The topological polar surface area (TPSA) is 57.5 Å². The average Bonchev–Trinajstić information content (AvgIpc) is 2.83. The molecule has 0 radical (unpaired) electrons. The first-order valence-electron chi connectivity index (χ1n) is 7.66. The van der Waals surface area contributed by atoms with Gasteiger partial charge in [0.25, 0.3) is 0 Å². The van der Waals surface area contributed by atoms with Crippen molar-refractivity contribution in [2.45, 2.75) is 20.5 Å². The number of nitrogens with zero attached hydrogens (tertiary/aromatic N) is 1. The number of benzene rings is 1. The molecule has 1 aromatic carbocycles. The van der Waals surface area contributed by atoms with Crippen LogP contribution in [0.15, 0.2) is 36.1 Å². The number of fused-ring (bicyclic) bond motifs is 1. The largest absolute Gasteiger partial charge is 0.492 e. The average molecular weight is 325 g/mol. The lowest BCUT2D eigenvalue weighted by Crippen LogP contribution is -2.20. The summed E-state index contributed by atoms with van der Waals surface area (Å²) in [6.07, 6.45) is 1.25. The molecule has 0 unspecified atom stereocenters. The molecule has 1 aliphatic rings. The van der Waals surface area contributed by atoms with Crippen molar-refractivity contribution in [1.82, 2.24) is 4.57 Å². The molecule has 0 atom stereocenters. The third-order valence-corrected chi connectivity index (χ3v) is 4.39. The zero-order chi connectivity index (χ0) is 17.4. The van der Waals surface area contributed by atoms with Crippen LogP contribution in [-0.2, 0) is 18.4 Å². The smallest absolute Gasteiger partial charge is 0.244 e. The van der Waals surface area contributed by atoms with Crippen LogP contribution in [0.25, 0.3) is 0 Å². The number of methoxy groups -OCH3 is 1. The molecular formula is C19H19NO4. The van der Waals surface area contributed by atoms with Gasteiger partial charge in [-0.15, -0.1) is 0 Å². The van der Waals surface area contributed by atoms with Gasteiger partial charge in [0.05, 0.1) is 12.7 Å². The fraction of sp³-hybridized carbons (Fsp3) is 0.263. The zero-order valence-electron chi connectivity index (χ0n) is 14.2. The van der Waals surface area contributed by atoms with E-state index < -0.39 is 0 Å². The first kappa shape index (κ1) is 16.1. The summed E-state index contributed by atoms with van der Waals surface area (Å²) in [5.41, 5.74) is 3.48. The van der Waals surface area contributed by atoms with Crippen LogP contribution >= 0.6 is 0 Å². The Kier molecular flexibility index (Phi) is 4.01. The van der Waals surface area contributed by atoms with Crippen LogP contribution in [-0.4, -0.2) is 23.2 Å². The minimum Gasteiger partial charge on any atom is -0.492 e. The van der Waals surface area contributed by atoms with Crippen molar-refractivity contribution in [1.29, 1.82) is 0 Å². The van der Waals surface area contributed by atoms with Crippen LogP contribution in [0.3, 0.4) is 0 Å². The number of carbonyl (C=O) groups excluding carboxylic acids is 2. The second kappa shape index (κ2) is 6.00. The molecule has 1 aliphatic carbocycles. The number of rotatable bonds is 4. The molecular weight excluding hydrogens is 306 g/mol. The highest BCUT2D eigenvalue weighted by atomic mass is 16.5. The fourth-order valence-corrected chi connectivity index (χ4v) is 2.88. The first-order valence-corrected chi connectivity index (χ1v) is 7.66. The monoisotopic (exact) mass is 325 g/mol. The van der Waals surface area contributed by atoms with Crippen molar-refractivity contribution in [3.8, 4) is 5.75 Å². The Labute approximate surface area is 140 Å². The summed E-state index contributed by atoms with van der Waals surface area (Å²) >= 11 is 0. The number of Topliss-reactive ketones (excluding diaryl/α,β-unsaturated/α-hetero) is 1. The number of allylic oxidation sites excluding steroid dienone is 2. The van der Waals surface area contributed by atoms with E-state index in [9.17, 15) is 9.59 Å². The zero-order valence-corrected chi connectivity index (χ0v) is 14.2. The lowest BCUT2D eigenvalue weighted by molar-refractivity contribution is 0.0909. The maximum atomic E-state index is 12.5. The highest BCUT2D eigenvalue weighted by molar-refractivity contribution is 6.24. The Hall–Kier alpha value is -2.82. The van der Waals surface area contributed by atoms with Crippen LogP contribution in [0.1, 0.15) is 37.7 Å². The maximum absolute atomic E-state index is 12.5. The van der Waals surface area contributed by atoms with Gasteiger partial charge in [0, 0.05) is 24.4 Å². The van der Waals surface area contributed by atoms with Crippen LogP contribution < -0.4 is 4.74 Å². The normalized spacial score (nSPS) is 13.6. The van der Waals surface area contributed by atoms with Gasteiger partial charge in [-0.05, 0) is 26.0 Å². The number of hydrogen-bond donors (Lipinski definition) is 0. The van der Waals surface area contributed by atoms with Gasteiger partial charge < -0.3 is 14.0 Å². The summed E-state index contributed by atoms with van der Waals surface area (Å²) in [4.78, 5) is 24.9. The molecule has 0 saturated heterocycles. The molecule has 0 aliphatic heterocycles. The highest BCUT2D eigenvalue weighted by Gasteiger charge is 2.34. The van der Waals surface area contributed by atoms with Gasteiger partial charge in [0.15, 0.2) is 11.5 Å². The minimum absolute atomic E-state index is 0.0686. The highest BCUT2D eigenvalue weighted by Crippen LogP contribution is 2.30. The Morgan fingerprint density at radius 3 is 2.38 bits per heavy atom. The molecule has 0 amide bonds. The molecule has 3 rings (SSSR count). The quantitative estimate of drug-likeness (QED) is 0.866. The predicted octanol–water partition coefficient (Wildman–Crippen LogP) is 3.13. The Morgan fingerprint density at radius 2 is 1.75 bits per heavy atom. The third-order valence-electron chi connectivity index (χ3n) is 4.39. The number of ketones is 2. The van der Waals surface area contributed by atoms with E-state index >= 15 is 0 Å². The number of aromatic nitrogens is 1.